The largest absolute Gasteiger partial charge is 0.444 e. The van der Waals surface area contributed by atoms with E-state index in [-0.39, 0.29) is 23.5 Å². The fraction of sp³-hybridized carbons (Fsp3) is 0.632. The molecule has 1 aliphatic rings. The number of likely N-dealkylation sites (tertiary alicyclic amines) is 1. The van der Waals surface area contributed by atoms with Gasteiger partial charge in [-0.3, -0.25) is 4.18 Å². The number of carbonyl (C=O) groups is 1. The number of methoxy groups -OCH3 is 1. The zero-order chi connectivity index (χ0) is 20.2. The number of piperidine rings is 1. The molecule has 1 amide bonds. The number of hydrogen-bond donors (Lipinski definition) is 0. The maximum absolute atomic E-state index is 12.4. The third kappa shape index (κ3) is 6.19. The Balaban J connectivity index is 1.96. The Kier molecular flexibility index (Phi) is 6.88. The Hall–Kier alpha value is -1.64. The van der Waals surface area contributed by atoms with Crippen molar-refractivity contribution in [3.63, 3.8) is 0 Å². The summed E-state index contributed by atoms with van der Waals surface area (Å²) in [6.07, 6.45) is -0.142. The fourth-order valence-corrected chi connectivity index (χ4v) is 3.82. The second kappa shape index (κ2) is 8.58. The molecule has 1 aromatic carbocycles. The van der Waals surface area contributed by atoms with Crippen LogP contribution in [0.2, 0.25) is 0 Å². The predicted molar refractivity (Wildman–Crippen MR) is 101 cm³/mol. The van der Waals surface area contributed by atoms with E-state index in [4.69, 9.17) is 13.7 Å². The average Bonchev–Trinajstić information content (AvgIpc) is 2.58. The van der Waals surface area contributed by atoms with E-state index < -0.39 is 21.8 Å². The number of ether oxygens (including phenoxy) is 2. The van der Waals surface area contributed by atoms with Gasteiger partial charge in [-0.25, -0.2) is 4.79 Å². The molecule has 0 spiro atoms. The molecule has 2 rings (SSSR count). The van der Waals surface area contributed by atoms with Gasteiger partial charge < -0.3 is 14.4 Å². The first-order valence-electron chi connectivity index (χ1n) is 8.98. The maximum Gasteiger partial charge on any atom is 0.410 e. The van der Waals surface area contributed by atoms with Gasteiger partial charge in [0.15, 0.2) is 0 Å². The van der Waals surface area contributed by atoms with E-state index >= 15 is 0 Å². The highest BCUT2D eigenvalue weighted by atomic mass is 32.2. The minimum atomic E-state index is -3.82. The topological polar surface area (TPSA) is 82.1 Å². The van der Waals surface area contributed by atoms with Crippen molar-refractivity contribution in [1.82, 2.24) is 4.90 Å². The summed E-state index contributed by atoms with van der Waals surface area (Å²) in [7, 11) is -2.28. The highest BCUT2D eigenvalue weighted by Crippen LogP contribution is 2.24. The van der Waals surface area contributed by atoms with Gasteiger partial charge in [0.05, 0.1) is 24.2 Å². The molecule has 27 heavy (non-hydrogen) atoms. The van der Waals surface area contributed by atoms with Crippen LogP contribution in [-0.2, 0) is 23.8 Å². The summed E-state index contributed by atoms with van der Waals surface area (Å²) in [5, 5.41) is 0. The molecule has 1 aliphatic heterocycles. The summed E-state index contributed by atoms with van der Waals surface area (Å²) < 4.78 is 40.9. The smallest absolute Gasteiger partial charge is 0.410 e. The van der Waals surface area contributed by atoms with E-state index in [0.29, 0.717) is 19.5 Å². The summed E-state index contributed by atoms with van der Waals surface area (Å²) in [5.74, 6) is -0.131. The Labute approximate surface area is 161 Å². The van der Waals surface area contributed by atoms with Crippen molar-refractivity contribution in [3.05, 3.63) is 29.8 Å². The molecule has 8 heteroatoms. The van der Waals surface area contributed by atoms with Crippen LogP contribution in [0.3, 0.4) is 0 Å². The van der Waals surface area contributed by atoms with Crippen molar-refractivity contribution in [2.45, 2.75) is 50.7 Å². The molecule has 1 heterocycles. The lowest BCUT2D eigenvalue weighted by molar-refractivity contribution is -0.0376. The molecule has 7 nitrogen and oxygen atoms in total. The Bertz CT molecular complexity index is 738. The Morgan fingerprint density at radius 2 is 1.85 bits per heavy atom. The summed E-state index contributed by atoms with van der Waals surface area (Å²) in [4.78, 5) is 14.0. The van der Waals surface area contributed by atoms with Crippen LogP contribution in [0, 0.1) is 12.8 Å². The summed E-state index contributed by atoms with van der Waals surface area (Å²) in [6.45, 7) is 8.15. The molecule has 152 valence electrons. The zero-order valence-electron chi connectivity index (χ0n) is 16.6. The van der Waals surface area contributed by atoms with Crippen LogP contribution in [0.5, 0.6) is 0 Å². The molecule has 0 N–H and O–H groups in total. The normalized spacial score (nSPS) is 21.1. The minimum absolute atomic E-state index is 0.0108. The van der Waals surface area contributed by atoms with Crippen LogP contribution in [0.25, 0.3) is 0 Å². The van der Waals surface area contributed by atoms with Gasteiger partial charge in [-0.2, -0.15) is 8.42 Å². The third-order valence-corrected chi connectivity index (χ3v) is 5.69. The SMILES string of the molecule is COC1CN(C(=O)OC(C)(C)C)CCC1COS(=O)(=O)c1ccc(C)cc1. The van der Waals surface area contributed by atoms with Crippen molar-refractivity contribution in [2.75, 3.05) is 26.8 Å². The van der Waals surface area contributed by atoms with Crippen LogP contribution < -0.4 is 0 Å². The first-order chi connectivity index (χ1) is 12.5. The quantitative estimate of drug-likeness (QED) is 0.708. The molecule has 0 bridgehead atoms. The highest BCUT2D eigenvalue weighted by molar-refractivity contribution is 7.86. The van der Waals surface area contributed by atoms with E-state index in [1.165, 1.54) is 12.1 Å². The lowest BCUT2D eigenvalue weighted by atomic mass is 9.95. The molecule has 0 aliphatic carbocycles. The summed E-state index contributed by atoms with van der Waals surface area (Å²) >= 11 is 0. The van der Waals surface area contributed by atoms with Crippen LogP contribution in [0.1, 0.15) is 32.8 Å². The van der Waals surface area contributed by atoms with E-state index in [9.17, 15) is 13.2 Å². The zero-order valence-corrected chi connectivity index (χ0v) is 17.4. The van der Waals surface area contributed by atoms with Gasteiger partial charge >= 0.3 is 6.09 Å². The number of amides is 1. The van der Waals surface area contributed by atoms with Crippen molar-refractivity contribution in [1.29, 1.82) is 0 Å². The van der Waals surface area contributed by atoms with Gasteiger partial charge in [0, 0.05) is 19.6 Å². The van der Waals surface area contributed by atoms with Crippen LogP contribution >= 0.6 is 0 Å². The number of carbonyl (C=O) groups excluding carboxylic acids is 1. The van der Waals surface area contributed by atoms with Gasteiger partial charge in [0.1, 0.15) is 5.60 Å². The standard InChI is InChI=1S/C19H29NO6S/c1-14-6-8-16(9-7-14)27(22,23)25-13-15-10-11-20(12-17(15)24-5)18(21)26-19(2,3)4/h6-9,15,17H,10-13H2,1-5H3. The van der Waals surface area contributed by atoms with E-state index in [1.807, 2.05) is 27.7 Å². The molecule has 2 unspecified atom stereocenters. The van der Waals surface area contributed by atoms with E-state index in [2.05, 4.69) is 0 Å². The second-order valence-electron chi connectivity index (χ2n) is 7.80. The fourth-order valence-electron chi connectivity index (χ4n) is 2.87. The van der Waals surface area contributed by atoms with Gasteiger partial charge in [-0.1, -0.05) is 17.7 Å². The number of hydrogen-bond acceptors (Lipinski definition) is 6. The molecular formula is C19H29NO6S. The predicted octanol–water partition coefficient (Wildman–Crippen LogP) is 2.97. The molecule has 1 aromatic rings. The Morgan fingerprint density at radius 1 is 1.22 bits per heavy atom. The average molecular weight is 400 g/mol. The Morgan fingerprint density at radius 3 is 2.41 bits per heavy atom. The van der Waals surface area contributed by atoms with E-state index in [1.54, 1.807) is 24.1 Å². The molecular weight excluding hydrogens is 370 g/mol. The summed E-state index contributed by atoms with van der Waals surface area (Å²) in [5.41, 5.74) is 0.407. The highest BCUT2D eigenvalue weighted by Gasteiger charge is 2.34. The van der Waals surface area contributed by atoms with Gasteiger partial charge in [-0.05, 0) is 46.2 Å². The van der Waals surface area contributed by atoms with Crippen molar-refractivity contribution < 1.29 is 26.9 Å². The van der Waals surface area contributed by atoms with Gasteiger partial charge in [0.25, 0.3) is 10.1 Å². The van der Waals surface area contributed by atoms with Crippen LogP contribution in [-0.4, -0.2) is 57.9 Å². The molecule has 1 fully saturated rings. The van der Waals surface area contributed by atoms with Crippen molar-refractivity contribution in [3.8, 4) is 0 Å². The number of rotatable bonds is 5. The minimum Gasteiger partial charge on any atom is -0.444 e. The molecule has 0 aromatic heterocycles. The lowest BCUT2D eigenvalue weighted by Gasteiger charge is -2.38. The second-order valence-corrected chi connectivity index (χ2v) is 9.42. The third-order valence-electron chi connectivity index (χ3n) is 4.40. The van der Waals surface area contributed by atoms with E-state index in [0.717, 1.165) is 5.56 Å². The van der Waals surface area contributed by atoms with Gasteiger partial charge in [0.2, 0.25) is 0 Å². The van der Waals surface area contributed by atoms with Gasteiger partial charge in [-0.15, -0.1) is 0 Å². The maximum atomic E-state index is 12.4. The first-order valence-corrected chi connectivity index (χ1v) is 10.4. The molecule has 2 atom stereocenters. The molecule has 0 radical (unpaired) electrons. The lowest BCUT2D eigenvalue weighted by Crippen LogP contribution is -2.50. The number of nitrogens with zero attached hydrogens (tertiary/aromatic N) is 1. The van der Waals surface area contributed by atoms with Crippen molar-refractivity contribution >= 4 is 16.2 Å². The molecule has 0 saturated carbocycles. The molecule has 1 saturated heterocycles. The monoisotopic (exact) mass is 399 g/mol. The first kappa shape index (κ1) is 21.7. The number of aryl methyl sites for hydroxylation is 1. The van der Waals surface area contributed by atoms with Crippen LogP contribution in [0.15, 0.2) is 29.2 Å². The van der Waals surface area contributed by atoms with Crippen molar-refractivity contribution in [2.24, 2.45) is 5.92 Å². The number of benzene rings is 1. The van der Waals surface area contributed by atoms with Crippen LogP contribution in [0.4, 0.5) is 4.79 Å². The summed E-state index contributed by atoms with van der Waals surface area (Å²) in [6, 6.07) is 6.52.